The molecule has 2 aromatic carbocycles. The fourth-order valence-corrected chi connectivity index (χ4v) is 5.05. The van der Waals surface area contributed by atoms with E-state index in [2.05, 4.69) is 35.1 Å². The third kappa shape index (κ3) is 6.27. The first-order valence-corrected chi connectivity index (χ1v) is 13.1. The van der Waals surface area contributed by atoms with E-state index in [1.165, 1.54) is 17.2 Å². The van der Waals surface area contributed by atoms with Gasteiger partial charge in [-0.05, 0) is 86.5 Å². The van der Waals surface area contributed by atoms with Gasteiger partial charge in [0.05, 0.1) is 5.60 Å². The Morgan fingerprint density at radius 2 is 1.72 bits per heavy atom. The lowest BCUT2D eigenvalue weighted by Crippen LogP contribution is -2.42. The molecule has 0 atom stereocenters. The van der Waals surface area contributed by atoms with Gasteiger partial charge < -0.3 is 15.3 Å². The number of aromatic nitrogens is 2. The molecule has 1 aliphatic heterocycles. The van der Waals surface area contributed by atoms with Crippen LogP contribution in [0.5, 0.6) is 0 Å². The van der Waals surface area contributed by atoms with Crippen LogP contribution in [0.2, 0.25) is 5.02 Å². The molecule has 1 saturated heterocycles. The quantitative estimate of drug-likeness (QED) is 0.367. The van der Waals surface area contributed by atoms with Crippen molar-refractivity contribution in [1.82, 2.24) is 14.5 Å². The standard InChI is InChI=1S/C28H35ClN4O3/c1-3-21-18-24(11-6-20(21)2)30-25-19-26(34)31-27(35)33(25)15-5-4-14-32-16-12-28(36,13-17-32)22-7-9-23(29)10-8-22/h6-11,18-19,30,36H,3-5,12-17H2,1-2H3,(H,31,34,35). The number of hydrogen-bond acceptors (Lipinski definition) is 5. The Morgan fingerprint density at radius 3 is 2.42 bits per heavy atom. The highest BCUT2D eigenvalue weighted by Gasteiger charge is 2.33. The number of nitrogens with zero attached hydrogens (tertiary/aromatic N) is 2. The molecule has 0 radical (unpaired) electrons. The number of H-pyrrole nitrogens is 1. The molecule has 8 heteroatoms. The van der Waals surface area contributed by atoms with E-state index in [4.69, 9.17) is 11.6 Å². The van der Waals surface area contributed by atoms with Crippen LogP contribution in [0.4, 0.5) is 11.5 Å². The van der Waals surface area contributed by atoms with Gasteiger partial charge >= 0.3 is 5.69 Å². The van der Waals surface area contributed by atoms with Gasteiger partial charge in [0.25, 0.3) is 5.56 Å². The molecule has 0 bridgehead atoms. The Labute approximate surface area is 216 Å². The van der Waals surface area contributed by atoms with E-state index in [-0.39, 0.29) is 0 Å². The lowest BCUT2D eigenvalue weighted by molar-refractivity contribution is -0.0261. The molecule has 1 aromatic heterocycles. The molecule has 0 saturated carbocycles. The third-order valence-corrected chi connectivity index (χ3v) is 7.46. The summed E-state index contributed by atoms with van der Waals surface area (Å²) in [5, 5.41) is 15.0. The number of hydrogen-bond donors (Lipinski definition) is 3. The third-order valence-electron chi connectivity index (χ3n) is 7.21. The van der Waals surface area contributed by atoms with E-state index >= 15 is 0 Å². The van der Waals surface area contributed by atoms with Gasteiger partial charge in [-0.25, -0.2) is 4.79 Å². The molecule has 0 amide bonds. The lowest BCUT2D eigenvalue weighted by atomic mass is 9.84. The molecule has 0 unspecified atom stereocenters. The first-order chi connectivity index (χ1) is 17.3. The SMILES string of the molecule is CCc1cc(Nc2cc(=O)[nH]c(=O)n2CCCCN2CCC(O)(c3ccc(Cl)cc3)CC2)ccc1C. The minimum Gasteiger partial charge on any atom is -0.385 e. The molecule has 7 nitrogen and oxygen atoms in total. The van der Waals surface area contributed by atoms with Crippen molar-refractivity contribution in [2.24, 2.45) is 0 Å². The van der Waals surface area contributed by atoms with Crippen LogP contribution in [0.15, 0.2) is 58.1 Å². The topological polar surface area (TPSA) is 90.4 Å². The summed E-state index contributed by atoms with van der Waals surface area (Å²) in [6, 6.07) is 15.0. The van der Waals surface area contributed by atoms with Gasteiger partial charge in [-0.1, -0.05) is 36.7 Å². The largest absolute Gasteiger partial charge is 0.385 e. The smallest absolute Gasteiger partial charge is 0.329 e. The normalized spacial score (nSPS) is 15.7. The minimum atomic E-state index is -0.807. The molecular formula is C28H35ClN4O3. The number of rotatable bonds is 9. The second-order valence-electron chi connectivity index (χ2n) is 9.68. The first-order valence-electron chi connectivity index (χ1n) is 12.7. The molecule has 3 N–H and O–H groups in total. The fourth-order valence-electron chi connectivity index (χ4n) is 4.92. The number of halogens is 1. The number of unbranched alkanes of at least 4 members (excludes halogenated alkanes) is 1. The number of aliphatic hydroxyl groups is 1. The number of aryl methyl sites for hydroxylation is 2. The summed E-state index contributed by atoms with van der Waals surface area (Å²) in [6.07, 6.45) is 3.98. The zero-order chi connectivity index (χ0) is 25.7. The van der Waals surface area contributed by atoms with Crippen molar-refractivity contribution in [1.29, 1.82) is 0 Å². The van der Waals surface area contributed by atoms with Crippen LogP contribution in [0.3, 0.4) is 0 Å². The molecule has 3 aromatic rings. The predicted octanol–water partition coefficient (Wildman–Crippen LogP) is 4.57. The van der Waals surface area contributed by atoms with Crippen LogP contribution >= 0.6 is 11.6 Å². The van der Waals surface area contributed by atoms with Gasteiger partial charge in [0, 0.05) is 36.4 Å². The number of nitrogens with one attached hydrogen (secondary N) is 2. The summed E-state index contributed by atoms with van der Waals surface area (Å²) in [5.41, 5.74) is 2.60. The average Bonchev–Trinajstić information content (AvgIpc) is 2.85. The second-order valence-corrected chi connectivity index (χ2v) is 10.1. The Morgan fingerprint density at radius 1 is 1.03 bits per heavy atom. The molecule has 0 aliphatic carbocycles. The summed E-state index contributed by atoms with van der Waals surface area (Å²) in [7, 11) is 0. The van der Waals surface area contributed by atoms with E-state index in [1.807, 2.05) is 36.4 Å². The number of piperidine rings is 1. The molecule has 1 fully saturated rings. The number of aromatic amines is 1. The average molecular weight is 511 g/mol. The number of benzene rings is 2. The summed E-state index contributed by atoms with van der Waals surface area (Å²) in [4.78, 5) is 29.3. The number of likely N-dealkylation sites (tertiary alicyclic amines) is 1. The van der Waals surface area contributed by atoms with Crippen molar-refractivity contribution in [3.8, 4) is 0 Å². The van der Waals surface area contributed by atoms with Crippen LogP contribution < -0.4 is 16.6 Å². The highest BCUT2D eigenvalue weighted by molar-refractivity contribution is 6.30. The molecule has 36 heavy (non-hydrogen) atoms. The van der Waals surface area contributed by atoms with E-state index in [0.717, 1.165) is 50.1 Å². The van der Waals surface area contributed by atoms with Crippen molar-refractivity contribution in [3.05, 3.63) is 91.1 Å². The van der Waals surface area contributed by atoms with E-state index in [9.17, 15) is 14.7 Å². The van der Waals surface area contributed by atoms with Gasteiger partial charge in [-0.3, -0.25) is 14.3 Å². The molecule has 2 heterocycles. The summed E-state index contributed by atoms with van der Waals surface area (Å²) in [5.74, 6) is 0.501. The Balaban J connectivity index is 1.33. The zero-order valence-corrected chi connectivity index (χ0v) is 21.8. The monoisotopic (exact) mass is 510 g/mol. The zero-order valence-electron chi connectivity index (χ0n) is 21.0. The molecule has 192 valence electrons. The van der Waals surface area contributed by atoms with E-state index < -0.39 is 16.9 Å². The Bertz CT molecular complexity index is 1290. The van der Waals surface area contributed by atoms with Crippen LogP contribution in [-0.2, 0) is 18.6 Å². The van der Waals surface area contributed by atoms with Crippen molar-refractivity contribution in [2.45, 2.75) is 58.1 Å². The Hall–Kier alpha value is -2.87. The van der Waals surface area contributed by atoms with Crippen LogP contribution in [0.1, 0.15) is 49.3 Å². The van der Waals surface area contributed by atoms with E-state index in [1.54, 1.807) is 4.57 Å². The highest BCUT2D eigenvalue weighted by Crippen LogP contribution is 2.33. The van der Waals surface area contributed by atoms with Gasteiger partial charge in [0.2, 0.25) is 0 Å². The van der Waals surface area contributed by atoms with Crippen molar-refractivity contribution in [3.63, 3.8) is 0 Å². The summed E-state index contributed by atoms with van der Waals surface area (Å²) >= 11 is 5.99. The van der Waals surface area contributed by atoms with Crippen molar-refractivity contribution in [2.75, 3.05) is 25.0 Å². The van der Waals surface area contributed by atoms with Crippen LogP contribution in [0.25, 0.3) is 0 Å². The first kappa shape index (κ1) is 26.2. The van der Waals surface area contributed by atoms with Gasteiger partial charge in [-0.15, -0.1) is 0 Å². The van der Waals surface area contributed by atoms with Gasteiger partial charge in [0.15, 0.2) is 0 Å². The molecule has 4 rings (SSSR count). The fraction of sp³-hybridized carbons (Fsp3) is 0.429. The predicted molar refractivity (Wildman–Crippen MR) is 145 cm³/mol. The number of anilines is 2. The summed E-state index contributed by atoms with van der Waals surface area (Å²) in [6.45, 7) is 7.22. The van der Waals surface area contributed by atoms with Gasteiger partial charge in [-0.2, -0.15) is 0 Å². The molecule has 0 spiro atoms. The maximum Gasteiger partial charge on any atom is 0.329 e. The lowest BCUT2D eigenvalue weighted by Gasteiger charge is -2.38. The Kier molecular flexibility index (Phi) is 8.34. The van der Waals surface area contributed by atoms with Crippen molar-refractivity contribution >= 4 is 23.1 Å². The van der Waals surface area contributed by atoms with Crippen LogP contribution in [-0.4, -0.2) is 39.2 Å². The maximum absolute atomic E-state index is 12.6. The van der Waals surface area contributed by atoms with E-state index in [0.29, 0.717) is 30.2 Å². The maximum atomic E-state index is 12.6. The highest BCUT2D eigenvalue weighted by atomic mass is 35.5. The van der Waals surface area contributed by atoms with Crippen molar-refractivity contribution < 1.29 is 5.11 Å². The van der Waals surface area contributed by atoms with Crippen LogP contribution in [0, 0.1) is 6.92 Å². The molecule has 1 aliphatic rings. The van der Waals surface area contributed by atoms with Gasteiger partial charge in [0.1, 0.15) is 5.82 Å². The molecular weight excluding hydrogens is 476 g/mol. The minimum absolute atomic E-state index is 0.404. The second kappa shape index (κ2) is 11.5. The summed E-state index contributed by atoms with van der Waals surface area (Å²) < 4.78 is 1.60.